The number of carbonyl (C=O) groups excluding carboxylic acids is 1. The first-order valence-corrected chi connectivity index (χ1v) is 11.3. The minimum Gasteiger partial charge on any atom is -0.302 e. The number of thioether (sulfide) groups is 1. The van der Waals surface area contributed by atoms with Crippen LogP contribution in [0.25, 0.3) is 11.4 Å². The third kappa shape index (κ3) is 4.27. The van der Waals surface area contributed by atoms with E-state index in [1.807, 2.05) is 47.8 Å². The van der Waals surface area contributed by atoms with Crippen LogP contribution in [0, 0.1) is 0 Å². The van der Waals surface area contributed by atoms with Crippen molar-refractivity contribution in [1.29, 1.82) is 0 Å². The van der Waals surface area contributed by atoms with Crippen LogP contribution in [0.3, 0.4) is 0 Å². The third-order valence-corrected chi connectivity index (χ3v) is 6.26. The zero-order valence-corrected chi connectivity index (χ0v) is 18.2. The summed E-state index contributed by atoms with van der Waals surface area (Å²) in [6.07, 6.45) is 3.50. The van der Waals surface area contributed by atoms with Crippen molar-refractivity contribution in [3.8, 4) is 11.4 Å². The van der Waals surface area contributed by atoms with E-state index >= 15 is 0 Å². The molecule has 0 saturated carbocycles. The van der Waals surface area contributed by atoms with Crippen molar-refractivity contribution in [2.24, 2.45) is 0 Å². The molecule has 1 aromatic carbocycles. The minimum atomic E-state index is -0.0672. The first-order chi connectivity index (χ1) is 14.7. The van der Waals surface area contributed by atoms with Crippen LogP contribution >= 0.6 is 23.1 Å². The summed E-state index contributed by atoms with van der Waals surface area (Å²) < 4.78 is 2.08. The number of amides is 1. The largest absolute Gasteiger partial charge is 0.302 e. The van der Waals surface area contributed by atoms with Crippen molar-refractivity contribution in [3.63, 3.8) is 0 Å². The number of aromatic nitrogens is 5. The first-order valence-electron chi connectivity index (χ1n) is 9.44. The molecule has 0 aliphatic carbocycles. The van der Waals surface area contributed by atoms with Gasteiger partial charge in [0.1, 0.15) is 0 Å². The average molecular weight is 437 g/mol. The Kier molecular flexibility index (Phi) is 6.20. The minimum absolute atomic E-state index is 0.0672. The second-order valence-corrected chi connectivity index (χ2v) is 8.17. The molecular formula is C21H20N6OS2. The molecule has 152 valence electrons. The average Bonchev–Trinajstić information content (AvgIpc) is 3.40. The Morgan fingerprint density at radius 3 is 2.60 bits per heavy atom. The molecule has 4 aromatic rings. The fourth-order valence-electron chi connectivity index (χ4n) is 3.00. The maximum Gasteiger partial charge on any atom is 0.230 e. The third-order valence-electron chi connectivity index (χ3n) is 4.38. The molecule has 3 heterocycles. The van der Waals surface area contributed by atoms with Gasteiger partial charge in [0.05, 0.1) is 11.4 Å². The van der Waals surface area contributed by atoms with Crippen molar-refractivity contribution < 1.29 is 4.79 Å². The Morgan fingerprint density at radius 2 is 1.90 bits per heavy atom. The molecular weight excluding hydrogens is 416 g/mol. The van der Waals surface area contributed by atoms with Crippen molar-refractivity contribution in [3.05, 3.63) is 65.9 Å². The van der Waals surface area contributed by atoms with Crippen LogP contribution in [0.5, 0.6) is 0 Å². The van der Waals surface area contributed by atoms with Crippen LogP contribution in [0.1, 0.15) is 19.5 Å². The molecule has 1 amide bonds. The molecule has 0 saturated heterocycles. The van der Waals surface area contributed by atoms with Crippen LogP contribution in [-0.4, -0.2) is 30.6 Å². The molecule has 0 fully saturated rings. The number of thiazole rings is 1. The van der Waals surface area contributed by atoms with Gasteiger partial charge in [-0.3, -0.25) is 14.7 Å². The van der Waals surface area contributed by atoms with E-state index in [1.165, 1.54) is 11.3 Å². The van der Waals surface area contributed by atoms with Crippen molar-refractivity contribution in [2.75, 3.05) is 4.90 Å². The highest BCUT2D eigenvalue weighted by Crippen LogP contribution is 2.31. The molecule has 0 atom stereocenters. The van der Waals surface area contributed by atoms with Crippen LogP contribution in [-0.2, 0) is 17.1 Å². The predicted molar refractivity (Wildman–Crippen MR) is 120 cm³/mol. The van der Waals surface area contributed by atoms with Gasteiger partial charge in [-0.25, -0.2) is 4.98 Å². The highest BCUT2D eigenvalue weighted by Gasteiger charge is 2.18. The quantitative estimate of drug-likeness (QED) is 0.388. The first kappa shape index (κ1) is 20.2. The highest BCUT2D eigenvalue weighted by molar-refractivity contribution is 7.98. The lowest BCUT2D eigenvalue weighted by Gasteiger charge is -2.17. The highest BCUT2D eigenvalue weighted by atomic mass is 32.2. The molecule has 30 heavy (non-hydrogen) atoms. The van der Waals surface area contributed by atoms with Gasteiger partial charge in [-0.05, 0) is 31.2 Å². The van der Waals surface area contributed by atoms with Gasteiger partial charge in [-0.1, -0.05) is 30.0 Å². The van der Waals surface area contributed by atoms with Gasteiger partial charge in [-0.15, -0.1) is 21.5 Å². The number of anilines is 2. The van der Waals surface area contributed by atoms with E-state index in [0.717, 1.165) is 34.5 Å². The molecule has 9 heteroatoms. The summed E-state index contributed by atoms with van der Waals surface area (Å²) in [4.78, 5) is 22.6. The van der Waals surface area contributed by atoms with E-state index in [9.17, 15) is 4.79 Å². The zero-order chi connectivity index (χ0) is 20.9. The SMILES string of the molecule is CCn1c(SCc2csc(N(C(C)=O)c3ccccc3)n2)nnc1-c1ccncc1. The number of hydrogen-bond donors (Lipinski definition) is 0. The molecule has 0 spiro atoms. The molecule has 0 unspecified atom stereocenters. The Hall–Kier alpha value is -3.04. The molecule has 7 nitrogen and oxygen atoms in total. The molecule has 0 bridgehead atoms. The standard InChI is InChI=1S/C21H20N6OS2/c1-3-26-19(16-9-11-22-12-10-16)24-25-21(26)30-14-17-13-29-20(23-17)27(15(2)28)18-7-5-4-6-8-18/h4-13H,3,14H2,1-2H3. The summed E-state index contributed by atoms with van der Waals surface area (Å²) >= 11 is 3.04. The summed E-state index contributed by atoms with van der Waals surface area (Å²) in [6, 6.07) is 13.4. The molecule has 0 radical (unpaired) electrons. The van der Waals surface area contributed by atoms with Crippen molar-refractivity contribution in [1.82, 2.24) is 24.7 Å². The van der Waals surface area contributed by atoms with Gasteiger partial charge in [0, 0.05) is 42.6 Å². The second-order valence-electron chi connectivity index (χ2n) is 6.39. The number of carbonyl (C=O) groups is 1. The molecule has 0 aliphatic heterocycles. The lowest BCUT2D eigenvalue weighted by atomic mass is 10.2. The Bertz CT molecular complexity index is 1130. The van der Waals surface area contributed by atoms with E-state index in [1.54, 1.807) is 36.0 Å². The maximum absolute atomic E-state index is 12.2. The lowest BCUT2D eigenvalue weighted by Crippen LogP contribution is -2.22. The normalized spacial score (nSPS) is 10.9. The monoisotopic (exact) mass is 436 g/mol. The van der Waals surface area contributed by atoms with E-state index in [2.05, 4.69) is 31.7 Å². The molecule has 4 rings (SSSR count). The molecule has 3 aromatic heterocycles. The van der Waals surface area contributed by atoms with Gasteiger partial charge in [0.25, 0.3) is 0 Å². The predicted octanol–water partition coefficient (Wildman–Crippen LogP) is 4.79. The number of rotatable bonds is 7. The van der Waals surface area contributed by atoms with Crippen LogP contribution in [0.2, 0.25) is 0 Å². The van der Waals surface area contributed by atoms with Gasteiger partial charge in [-0.2, -0.15) is 0 Å². The van der Waals surface area contributed by atoms with Crippen molar-refractivity contribution in [2.45, 2.75) is 31.3 Å². The molecule has 0 aliphatic rings. The fraction of sp³-hybridized carbons (Fsp3) is 0.190. The fourth-order valence-corrected chi connectivity index (χ4v) is 4.89. The van der Waals surface area contributed by atoms with Gasteiger partial charge < -0.3 is 4.57 Å². The van der Waals surface area contributed by atoms with Crippen LogP contribution in [0.4, 0.5) is 10.8 Å². The van der Waals surface area contributed by atoms with E-state index in [4.69, 9.17) is 0 Å². The van der Waals surface area contributed by atoms with Gasteiger partial charge in [0.2, 0.25) is 5.91 Å². The number of benzene rings is 1. The van der Waals surface area contributed by atoms with Crippen LogP contribution in [0.15, 0.2) is 65.4 Å². The van der Waals surface area contributed by atoms with E-state index < -0.39 is 0 Å². The van der Waals surface area contributed by atoms with Gasteiger partial charge in [0.15, 0.2) is 16.1 Å². The van der Waals surface area contributed by atoms with Crippen LogP contribution < -0.4 is 4.90 Å². The summed E-state index contributed by atoms with van der Waals surface area (Å²) in [6.45, 7) is 4.39. The Morgan fingerprint density at radius 1 is 1.13 bits per heavy atom. The smallest absolute Gasteiger partial charge is 0.230 e. The van der Waals surface area contributed by atoms with Gasteiger partial charge >= 0.3 is 0 Å². The van der Waals surface area contributed by atoms with Crippen molar-refractivity contribution >= 4 is 39.8 Å². The zero-order valence-electron chi connectivity index (χ0n) is 16.6. The van der Waals surface area contributed by atoms with E-state index in [0.29, 0.717) is 10.9 Å². The summed E-state index contributed by atoms with van der Waals surface area (Å²) in [5.74, 6) is 1.40. The second kappa shape index (κ2) is 9.19. The Labute approximate surface area is 182 Å². The maximum atomic E-state index is 12.2. The summed E-state index contributed by atoms with van der Waals surface area (Å²) in [5.41, 5.74) is 2.70. The lowest BCUT2D eigenvalue weighted by molar-refractivity contribution is -0.115. The summed E-state index contributed by atoms with van der Waals surface area (Å²) in [5, 5.41) is 12.2. The van der Waals surface area contributed by atoms with E-state index in [-0.39, 0.29) is 5.91 Å². The summed E-state index contributed by atoms with van der Waals surface area (Å²) in [7, 11) is 0. The number of para-hydroxylation sites is 1. The number of nitrogens with zero attached hydrogens (tertiary/aromatic N) is 6. The topological polar surface area (TPSA) is 76.8 Å². The Balaban J connectivity index is 1.51. The number of hydrogen-bond acceptors (Lipinski definition) is 7. The number of pyridine rings is 1. The molecule has 0 N–H and O–H groups in total.